The first kappa shape index (κ1) is 20.2. The number of hydrogen-bond acceptors (Lipinski definition) is 4. The average Bonchev–Trinajstić information content (AvgIpc) is 2.75. The van der Waals surface area contributed by atoms with E-state index >= 15 is 0 Å². The average molecular weight is 383 g/mol. The van der Waals surface area contributed by atoms with E-state index < -0.39 is 0 Å². The molecule has 1 aliphatic carbocycles. The number of methoxy groups -OCH3 is 1. The maximum absolute atomic E-state index is 12.3. The molecule has 140 valence electrons. The molecule has 1 unspecified atom stereocenters. The van der Waals surface area contributed by atoms with Gasteiger partial charge in [-0.3, -0.25) is 0 Å². The fourth-order valence-electron chi connectivity index (χ4n) is 3.28. The Balaban J connectivity index is 2.07. The number of esters is 1. The quantitative estimate of drug-likeness (QED) is 0.299. The summed E-state index contributed by atoms with van der Waals surface area (Å²) in [6.45, 7) is 4.36. The molecule has 0 aromatic carbocycles. The lowest BCUT2D eigenvalue weighted by atomic mass is 10.1. The van der Waals surface area contributed by atoms with Gasteiger partial charge in [0.2, 0.25) is 0 Å². The minimum absolute atomic E-state index is 0.263. The zero-order chi connectivity index (χ0) is 18.2. The third kappa shape index (κ3) is 5.68. The molecule has 0 aliphatic heterocycles. The highest BCUT2D eigenvalue weighted by Crippen LogP contribution is 2.37. The monoisotopic (exact) mass is 382 g/mol. The molecular formula is C19H30N2O2S2. The van der Waals surface area contributed by atoms with Gasteiger partial charge in [0, 0.05) is 10.9 Å². The van der Waals surface area contributed by atoms with Crippen LogP contribution in [0.1, 0.15) is 79.6 Å². The van der Waals surface area contributed by atoms with Crippen molar-refractivity contribution in [3.05, 3.63) is 16.0 Å². The van der Waals surface area contributed by atoms with Crippen molar-refractivity contribution in [2.75, 3.05) is 12.4 Å². The summed E-state index contributed by atoms with van der Waals surface area (Å²) in [4.78, 5) is 13.6. The summed E-state index contributed by atoms with van der Waals surface area (Å²) in [6.07, 6.45) is 10.3. The van der Waals surface area contributed by atoms with Crippen LogP contribution in [0.5, 0.6) is 0 Å². The van der Waals surface area contributed by atoms with E-state index in [1.165, 1.54) is 44.1 Å². The van der Waals surface area contributed by atoms with Crippen LogP contribution in [0.4, 0.5) is 5.00 Å². The summed E-state index contributed by atoms with van der Waals surface area (Å²) in [5.41, 5.74) is 1.85. The summed E-state index contributed by atoms with van der Waals surface area (Å²) < 4.78 is 5.03. The number of hydrogen-bond donors (Lipinski definition) is 2. The van der Waals surface area contributed by atoms with Gasteiger partial charge < -0.3 is 15.4 Å². The Kier molecular flexibility index (Phi) is 8.16. The topological polar surface area (TPSA) is 50.4 Å². The van der Waals surface area contributed by atoms with E-state index in [9.17, 15) is 4.79 Å². The molecule has 0 saturated heterocycles. The molecule has 2 N–H and O–H groups in total. The lowest BCUT2D eigenvalue weighted by molar-refractivity contribution is 0.0601. The summed E-state index contributed by atoms with van der Waals surface area (Å²) in [5.74, 6) is -0.263. The van der Waals surface area contributed by atoms with Crippen LogP contribution in [-0.2, 0) is 17.6 Å². The van der Waals surface area contributed by atoms with Gasteiger partial charge in [0.25, 0.3) is 0 Å². The number of unbranched alkanes of at least 4 members (excludes halogenated alkanes) is 2. The minimum Gasteiger partial charge on any atom is -0.465 e. The zero-order valence-corrected chi connectivity index (χ0v) is 17.2. The second-order valence-electron chi connectivity index (χ2n) is 6.76. The number of thiophene rings is 1. The number of fused-ring (bicyclic) bond motifs is 1. The molecule has 0 bridgehead atoms. The molecule has 0 amide bonds. The molecule has 1 heterocycles. The predicted molar refractivity (Wildman–Crippen MR) is 110 cm³/mol. The smallest absolute Gasteiger partial charge is 0.341 e. The van der Waals surface area contributed by atoms with Gasteiger partial charge >= 0.3 is 5.97 Å². The van der Waals surface area contributed by atoms with E-state index in [0.29, 0.717) is 16.7 Å². The largest absolute Gasteiger partial charge is 0.465 e. The molecule has 25 heavy (non-hydrogen) atoms. The van der Waals surface area contributed by atoms with Crippen LogP contribution in [0.2, 0.25) is 0 Å². The minimum atomic E-state index is -0.263. The van der Waals surface area contributed by atoms with Gasteiger partial charge in [0.05, 0.1) is 12.7 Å². The maximum atomic E-state index is 12.3. The highest BCUT2D eigenvalue weighted by molar-refractivity contribution is 7.80. The maximum Gasteiger partial charge on any atom is 0.341 e. The van der Waals surface area contributed by atoms with E-state index in [4.69, 9.17) is 17.0 Å². The first-order chi connectivity index (χ1) is 12.1. The number of rotatable bonds is 7. The molecule has 2 rings (SSSR count). The van der Waals surface area contributed by atoms with Crippen LogP contribution < -0.4 is 10.6 Å². The Hall–Kier alpha value is -1.14. The molecule has 0 saturated carbocycles. The Morgan fingerprint density at radius 3 is 2.76 bits per heavy atom. The normalized spacial score (nSPS) is 15.0. The van der Waals surface area contributed by atoms with Gasteiger partial charge in [-0.1, -0.05) is 32.6 Å². The van der Waals surface area contributed by atoms with E-state index in [2.05, 4.69) is 24.5 Å². The van der Waals surface area contributed by atoms with Crippen molar-refractivity contribution in [1.82, 2.24) is 5.32 Å². The number of thiocarbonyl (C=S) groups is 1. The summed E-state index contributed by atoms with van der Waals surface area (Å²) in [5, 5.41) is 8.02. The van der Waals surface area contributed by atoms with E-state index in [-0.39, 0.29) is 5.97 Å². The lowest BCUT2D eigenvalue weighted by Gasteiger charge is -2.17. The molecular weight excluding hydrogens is 352 g/mol. The van der Waals surface area contributed by atoms with Crippen molar-refractivity contribution >= 4 is 39.6 Å². The van der Waals surface area contributed by atoms with Gasteiger partial charge in [-0.25, -0.2) is 4.79 Å². The third-order valence-electron chi connectivity index (χ3n) is 4.66. The third-order valence-corrected chi connectivity index (χ3v) is 6.08. The summed E-state index contributed by atoms with van der Waals surface area (Å²) in [7, 11) is 1.44. The van der Waals surface area contributed by atoms with Gasteiger partial charge in [0.1, 0.15) is 5.00 Å². The number of carbonyl (C=O) groups is 1. The highest BCUT2D eigenvalue weighted by Gasteiger charge is 2.25. The Labute approximate surface area is 160 Å². The first-order valence-electron chi connectivity index (χ1n) is 9.37. The zero-order valence-electron chi connectivity index (χ0n) is 15.6. The first-order valence-corrected chi connectivity index (χ1v) is 10.6. The number of anilines is 1. The van der Waals surface area contributed by atoms with Gasteiger partial charge in [-0.05, 0) is 56.8 Å². The van der Waals surface area contributed by atoms with Crippen LogP contribution in [0.15, 0.2) is 0 Å². The molecule has 4 nitrogen and oxygen atoms in total. The predicted octanol–water partition coefficient (Wildman–Crippen LogP) is 5.06. The van der Waals surface area contributed by atoms with Crippen molar-refractivity contribution in [2.24, 2.45) is 0 Å². The Morgan fingerprint density at radius 2 is 2.04 bits per heavy atom. The molecule has 0 spiro atoms. The van der Waals surface area contributed by atoms with Crippen molar-refractivity contribution in [3.63, 3.8) is 0 Å². The van der Waals surface area contributed by atoms with Gasteiger partial charge in [-0.15, -0.1) is 11.3 Å². The SMILES string of the molecule is CCCCCC(C)NC(=S)Nc1sc2c(c1C(=O)OC)CCCCC2. The molecule has 0 radical (unpaired) electrons. The van der Waals surface area contributed by atoms with Crippen LogP contribution in [0, 0.1) is 0 Å². The van der Waals surface area contributed by atoms with E-state index in [0.717, 1.165) is 36.2 Å². The number of ether oxygens (including phenoxy) is 1. The Bertz CT molecular complexity index is 598. The fraction of sp³-hybridized carbons (Fsp3) is 0.684. The van der Waals surface area contributed by atoms with Crippen LogP contribution in [0.3, 0.4) is 0 Å². The van der Waals surface area contributed by atoms with Crippen LogP contribution in [0.25, 0.3) is 0 Å². The van der Waals surface area contributed by atoms with E-state index in [1.54, 1.807) is 11.3 Å². The van der Waals surface area contributed by atoms with E-state index in [1.807, 2.05) is 0 Å². The van der Waals surface area contributed by atoms with Crippen molar-refractivity contribution in [1.29, 1.82) is 0 Å². The highest BCUT2D eigenvalue weighted by atomic mass is 32.1. The Morgan fingerprint density at radius 1 is 1.28 bits per heavy atom. The molecule has 1 atom stereocenters. The van der Waals surface area contributed by atoms with Crippen LogP contribution >= 0.6 is 23.6 Å². The molecule has 1 aliphatic rings. The van der Waals surface area contributed by atoms with Crippen molar-refractivity contribution in [2.45, 2.75) is 77.7 Å². The standard InChI is InChI=1S/C19H30N2O2S2/c1-4-5-7-10-13(2)20-19(24)21-17-16(18(22)23-3)14-11-8-6-9-12-15(14)25-17/h13H,4-12H2,1-3H3,(H2,20,21,24). The van der Waals surface area contributed by atoms with Crippen molar-refractivity contribution < 1.29 is 9.53 Å². The molecule has 1 aromatic heterocycles. The van der Waals surface area contributed by atoms with Gasteiger partial charge in [0.15, 0.2) is 5.11 Å². The number of aryl methyl sites for hydroxylation is 1. The number of nitrogens with one attached hydrogen (secondary N) is 2. The fourth-order valence-corrected chi connectivity index (χ4v) is 4.93. The summed E-state index contributed by atoms with van der Waals surface area (Å²) in [6, 6.07) is 0.325. The van der Waals surface area contributed by atoms with Gasteiger partial charge in [-0.2, -0.15) is 0 Å². The van der Waals surface area contributed by atoms with Crippen molar-refractivity contribution in [3.8, 4) is 0 Å². The second kappa shape index (κ2) is 10.1. The molecule has 6 heteroatoms. The number of carbonyl (C=O) groups excluding carboxylic acids is 1. The summed E-state index contributed by atoms with van der Waals surface area (Å²) >= 11 is 7.13. The van der Waals surface area contributed by atoms with Crippen LogP contribution in [-0.4, -0.2) is 24.2 Å². The molecule has 1 aromatic rings. The molecule has 0 fully saturated rings. The second-order valence-corrected chi connectivity index (χ2v) is 8.27. The lowest BCUT2D eigenvalue weighted by Crippen LogP contribution is -2.36.